The van der Waals surface area contributed by atoms with E-state index < -0.39 is 0 Å². The Kier molecular flexibility index (Phi) is 3.52. The monoisotopic (exact) mass is 247 g/mol. The van der Waals surface area contributed by atoms with Crippen LogP contribution in [0.25, 0.3) is 0 Å². The molecule has 1 saturated heterocycles. The molecule has 0 bridgehead atoms. The Labute approximate surface area is 111 Å². The van der Waals surface area contributed by atoms with Gasteiger partial charge in [-0.05, 0) is 42.0 Å². The molecule has 0 unspecified atom stereocenters. The van der Waals surface area contributed by atoms with Gasteiger partial charge in [-0.2, -0.15) is 0 Å². The van der Waals surface area contributed by atoms with Gasteiger partial charge in [0.2, 0.25) is 0 Å². The Hall–Kier alpha value is -0.860. The fourth-order valence-corrected chi connectivity index (χ4v) is 2.72. The van der Waals surface area contributed by atoms with Crippen LogP contribution in [0.3, 0.4) is 0 Å². The Morgan fingerprint density at radius 2 is 1.94 bits per heavy atom. The SMILES string of the molecule is Cc1ccc(C(C)(C)C)cc1C1(CCN)COC1. The van der Waals surface area contributed by atoms with E-state index in [9.17, 15) is 0 Å². The molecule has 0 radical (unpaired) electrons. The third kappa shape index (κ3) is 2.32. The van der Waals surface area contributed by atoms with E-state index in [1.807, 2.05) is 0 Å². The summed E-state index contributed by atoms with van der Waals surface area (Å²) in [6, 6.07) is 6.86. The molecule has 1 aliphatic heterocycles. The molecule has 2 nitrogen and oxygen atoms in total. The number of hydrogen-bond acceptors (Lipinski definition) is 2. The van der Waals surface area contributed by atoms with Crippen molar-refractivity contribution in [3.05, 3.63) is 34.9 Å². The van der Waals surface area contributed by atoms with E-state index in [1.54, 1.807) is 0 Å². The molecule has 0 saturated carbocycles. The Morgan fingerprint density at radius 1 is 1.28 bits per heavy atom. The number of benzene rings is 1. The fraction of sp³-hybridized carbons (Fsp3) is 0.625. The van der Waals surface area contributed by atoms with Crippen molar-refractivity contribution in [2.45, 2.75) is 44.9 Å². The Balaban J connectivity index is 2.43. The van der Waals surface area contributed by atoms with Gasteiger partial charge < -0.3 is 10.5 Å². The van der Waals surface area contributed by atoms with Crippen LogP contribution < -0.4 is 5.73 Å². The molecule has 0 amide bonds. The van der Waals surface area contributed by atoms with Gasteiger partial charge in [0.05, 0.1) is 13.2 Å². The van der Waals surface area contributed by atoms with E-state index in [-0.39, 0.29) is 10.8 Å². The van der Waals surface area contributed by atoms with Crippen molar-refractivity contribution in [2.75, 3.05) is 19.8 Å². The van der Waals surface area contributed by atoms with Crippen molar-refractivity contribution in [2.24, 2.45) is 5.73 Å². The van der Waals surface area contributed by atoms with Crippen molar-refractivity contribution in [3.8, 4) is 0 Å². The average molecular weight is 247 g/mol. The molecule has 0 aromatic heterocycles. The summed E-state index contributed by atoms with van der Waals surface area (Å²) in [6.07, 6.45) is 1.02. The summed E-state index contributed by atoms with van der Waals surface area (Å²) < 4.78 is 5.47. The summed E-state index contributed by atoms with van der Waals surface area (Å²) in [6.45, 7) is 11.3. The second kappa shape index (κ2) is 4.67. The molecule has 1 fully saturated rings. The van der Waals surface area contributed by atoms with Crippen molar-refractivity contribution in [3.63, 3.8) is 0 Å². The quantitative estimate of drug-likeness (QED) is 0.891. The van der Waals surface area contributed by atoms with E-state index >= 15 is 0 Å². The molecule has 2 N–H and O–H groups in total. The maximum atomic E-state index is 5.78. The first-order valence-electron chi connectivity index (χ1n) is 6.78. The molecule has 1 aliphatic rings. The summed E-state index contributed by atoms with van der Waals surface area (Å²) in [5.74, 6) is 0. The van der Waals surface area contributed by atoms with Crippen LogP contribution in [0.2, 0.25) is 0 Å². The van der Waals surface area contributed by atoms with Crippen LogP contribution in [0, 0.1) is 6.92 Å². The first-order valence-corrected chi connectivity index (χ1v) is 6.78. The van der Waals surface area contributed by atoms with Gasteiger partial charge in [0.15, 0.2) is 0 Å². The van der Waals surface area contributed by atoms with Gasteiger partial charge in [0.1, 0.15) is 0 Å². The molecule has 1 aromatic carbocycles. The maximum Gasteiger partial charge on any atom is 0.0586 e. The minimum atomic E-state index is 0.167. The van der Waals surface area contributed by atoms with Crippen LogP contribution in [0.1, 0.15) is 43.9 Å². The minimum Gasteiger partial charge on any atom is -0.379 e. The highest BCUT2D eigenvalue weighted by atomic mass is 16.5. The van der Waals surface area contributed by atoms with Gasteiger partial charge >= 0.3 is 0 Å². The Morgan fingerprint density at radius 3 is 2.39 bits per heavy atom. The van der Waals surface area contributed by atoms with Crippen LogP contribution in [0.5, 0.6) is 0 Å². The lowest BCUT2D eigenvalue weighted by atomic mass is 9.72. The number of aryl methyl sites for hydroxylation is 1. The third-order valence-corrected chi connectivity index (χ3v) is 4.05. The second-order valence-corrected chi connectivity index (χ2v) is 6.59. The molecule has 1 heterocycles. The van der Waals surface area contributed by atoms with Gasteiger partial charge in [-0.15, -0.1) is 0 Å². The molecule has 0 aliphatic carbocycles. The lowest BCUT2D eigenvalue weighted by Crippen LogP contribution is -2.48. The molecule has 1 aromatic rings. The first kappa shape index (κ1) is 13.6. The summed E-state index contributed by atoms with van der Waals surface area (Å²) in [5.41, 5.74) is 10.3. The molecule has 0 atom stereocenters. The smallest absolute Gasteiger partial charge is 0.0586 e. The summed E-state index contributed by atoms with van der Waals surface area (Å²) in [7, 11) is 0. The molecular weight excluding hydrogens is 222 g/mol. The van der Waals surface area contributed by atoms with Crippen molar-refractivity contribution in [1.29, 1.82) is 0 Å². The number of ether oxygens (including phenoxy) is 1. The predicted octanol–water partition coefficient (Wildman–Crippen LogP) is 2.91. The summed E-state index contributed by atoms with van der Waals surface area (Å²) in [5, 5.41) is 0. The highest BCUT2D eigenvalue weighted by Gasteiger charge is 2.40. The lowest BCUT2D eigenvalue weighted by Gasteiger charge is -2.43. The van der Waals surface area contributed by atoms with Gasteiger partial charge in [-0.3, -0.25) is 0 Å². The van der Waals surface area contributed by atoms with E-state index in [2.05, 4.69) is 45.9 Å². The van der Waals surface area contributed by atoms with Gasteiger partial charge in [0, 0.05) is 5.41 Å². The number of hydrogen-bond donors (Lipinski definition) is 1. The topological polar surface area (TPSA) is 35.2 Å². The van der Waals surface area contributed by atoms with Gasteiger partial charge in [0.25, 0.3) is 0 Å². The maximum absolute atomic E-state index is 5.78. The van der Waals surface area contributed by atoms with Crippen molar-refractivity contribution < 1.29 is 4.74 Å². The fourth-order valence-electron chi connectivity index (χ4n) is 2.72. The van der Waals surface area contributed by atoms with Gasteiger partial charge in [-0.1, -0.05) is 39.0 Å². The zero-order valence-corrected chi connectivity index (χ0v) is 12.0. The average Bonchev–Trinajstić information content (AvgIpc) is 2.23. The molecule has 2 rings (SSSR count). The molecule has 18 heavy (non-hydrogen) atoms. The number of rotatable bonds is 3. The minimum absolute atomic E-state index is 0.167. The largest absolute Gasteiger partial charge is 0.379 e. The number of nitrogens with two attached hydrogens (primary N) is 1. The highest BCUT2D eigenvalue weighted by Crippen LogP contribution is 2.39. The van der Waals surface area contributed by atoms with Crippen LogP contribution in [-0.4, -0.2) is 19.8 Å². The molecule has 100 valence electrons. The van der Waals surface area contributed by atoms with E-state index in [4.69, 9.17) is 10.5 Å². The van der Waals surface area contributed by atoms with E-state index in [0.717, 1.165) is 26.2 Å². The van der Waals surface area contributed by atoms with Crippen molar-refractivity contribution >= 4 is 0 Å². The van der Waals surface area contributed by atoms with E-state index in [0.29, 0.717) is 0 Å². The first-order chi connectivity index (χ1) is 8.39. The molecule has 0 spiro atoms. The zero-order valence-electron chi connectivity index (χ0n) is 12.0. The van der Waals surface area contributed by atoms with Gasteiger partial charge in [-0.25, -0.2) is 0 Å². The van der Waals surface area contributed by atoms with Crippen molar-refractivity contribution in [1.82, 2.24) is 0 Å². The molecular formula is C16H25NO. The van der Waals surface area contributed by atoms with Crippen LogP contribution in [-0.2, 0) is 15.6 Å². The van der Waals surface area contributed by atoms with E-state index in [1.165, 1.54) is 16.7 Å². The summed E-state index contributed by atoms with van der Waals surface area (Å²) in [4.78, 5) is 0. The standard InChI is InChI=1S/C16H25NO/c1-12-5-6-13(15(2,3)4)9-14(12)16(7-8-17)10-18-11-16/h5-6,9H,7-8,10-11,17H2,1-4H3. The third-order valence-electron chi connectivity index (χ3n) is 4.05. The summed E-state index contributed by atoms with van der Waals surface area (Å²) >= 11 is 0. The second-order valence-electron chi connectivity index (χ2n) is 6.59. The predicted molar refractivity (Wildman–Crippen MR) is 76.0 cm³/mol. The highest BCUT2D eigenvalue weighted by molar-refractivity contribution is 5.41. The Bertz CT molecular complexity index is 427. The van der Waals surface area contributed by atoms with Crippen LogP contribution in [0.4, 0.5) is 0 Å². The van der Waals surface area contributed by atoms with Crippen LogP contribution >= 0.6 is 0 Å². The van der Waals surface area contributed by atoms with Crippen LogP contribution in [0.15, 0.2) is 18.2 Å². The normalized spacial score (nSPS) is 18.5. The lowest BCUT2D eigenvalue weighted by molar-refractivity contribution is -0.0634. The zero-order chi connectivity index (χ0) is 13.4. The molecule has 2 heteroatoms.